The number of aromatic nitrogens is 1. The van der Waals surface area contributed by atoms with E-state index in [1.807, 2.05) is 4.90 Å². The van der Waals surface area contributed by atoms with E-state index in [1.165, 1.54) is 13.1 Å². The number of carbonyl (C=O) groups is 2. The molecule has 0 aromatic carbocycles. The zero-order valence-corrected chi connectivity index (χ0v) is 12.3. The molecule has 3 N–H and O–H groups in total. The number of nitrogens with zero attached hydrogens (tertiary/aromatic N) is 2. The highest BCUT2D eigenvalue weighted by atomic mass is 16.5. The Morgan fingerprint density at radius 3 is 3.00 bits per heavy atom. The molecule has 1 saturated heterocycles. The summed E-state index contributed by atoms with van der Waals surface area (Å²) in [7, 11) is 0. The highest BCUT2D eigenvalue weighted by molar-refractivity contribution is 5.95. The van der Waals surface area contributed by atoms with Gasteiger partial charge >= 0.3 is 5.97 Å². The molecule has 1 amide bonds. The Morgan fingerprint density at radius 2 is 2.33 bits per heavy atom. The maximum Gasteiger partial charge on any atom is 0.341 e. The SMILES string of the molecule is CCOC(=O)c1cc(N)cnc1N1CCC(NC(C)=O)C1. The smallest absolute Gasteiger partial charge is 0.341 e. The van der Waals surface area contributed by atoms with Crippen LogP contribution in [0.4, 0.5) is 11.5 Å². The molecule has 0 saturated carbocycles. The summed E-state index contributed by atoms with van der Waals surface area (Å²) < 4.78 is 5.04. The number of nitrogens with two attached hydrogens (primary N) is 1. The fourth-order valence-corrected chi connectivity index (χ4v) is 2.44. The van der Waals surface area contributed by atoms with Crippen LogP contribution in [0.1, 0.15) is 30.6 Å². The molecule has 1 fully saturated rings. The monoisotopic (exact) mass is 292 g/mol. The second-order valence-electron chi connectivity index (χ2n) is 4.99. The summed E-state index contributed by atoms with van der Waals surface area (Å²) in [6.45, 7) is 4.87. The number of amides is 1. The first-order valence-corrected chi connectivity index (χ1v) is 6.96. The number of nitrogens with one attached hydrogen (secondary N) is 1. The zero-order valence-electron chi connectivity index (χ0n) is 12.3. The molecule has 114 valence electrons. The molecule has 0 spiro atoms. The van der Waals surface area contributed by atoms with Crippen LogP contribution in [0, 0.1) is 0 Å². The largest absolute Gasteiger partial charge is 0.462 e. The molecule has 1 aliphatic heterocycles. The molecule has 0 bridgehead atoms. The Bertz CT molecular complexity index is 547. The fraction of sp³-hybridized carbons (Fsp3) is 0.500. The molecule has 2 rings (SSSR count). The van der Waals surface area contributed by atoms with Crippen LogP contribution >= 0.6 is 0 Å². The lowest BCUT2D eigenvalue weighted by atomic mass is 10.2. The maximum absolute atomic E-state index is 12.0. The Morgan fingerprint density at radius 1 is 1.57 bits per heavy atom. The molecule has 0 aliphatic carbocycles. The van der Waals surface area contributed by atoms with Gasteiger partial charge in [0.25, 0.3) is 0 Å². The highest BCUT2D eigenvalue weighted by Gasteiger charge is 2.27. The first kappa shape index (κ1) is 15.1. The molecule has 21 heavy (non-hydrogen) atoms. The summed E-state index contributed by atoms with van der Waals surface area (Å²) >= 11 is 0. The standard InChI is InChI=1S/C14H20N4O3/c1-3-21-14(20)12-6-10(15)7-16-13(12)18-5-4-11(8-18)17-9(2)19/h6-7,11H,3-5,8,15H2,1-2H3,(H,17,19). The van der Waals surface area contributed by atoms with Crippen molar-refractivity contribution < 1.29 is 14.3 Å². The van der Waals surface area contributed by atoms with Gasteiger partial charge < -0.3 is 20.7 Å². The van der Waals surface area contributed by atoms with Gasteiger partial charge in [-0.1, -0.05) is 0 Å². The van der Waals surface area contributed by atoms with Gasteiger partial charge in [-0.15, -0.1) is 0 Å². The van der Waals surface area contributed by atoms with Crippen LogP contribution in [0.5, 0.6) is 0 Å². The first-order valence-electron chi connectivity index (χ1n) is 6.96. The van der Waals surface area contributed by atoms with Crippen LogP contribution in [0.3, 0.4) is 0 Å². The summed E-state index contributed by atoms with van der Waals surface area (Å²) in [5.41, 5.74) is 6.49. The van der Waals surface area contributed by atoms with E-state index in [4.69, 9.17) is 10.5 Å². The Hall–Kier alpha value is -2.31. The summed E-state index contributed by atoms with van der Waals surface area (Å²) in [4.78, 5) is 29.4. The maximum atomic E-state index is 12.0. The van der Waals surface area contributed by atoms with Gasteiger partial charge in [0.15, 0.2) is 0 Å². The third-order valence-corrected chi connectivity index (χ3v) is 3.28. The number of ether oxygens (including phenoxy) is 1. The van der Waals surface area contributed by atoms with Crippen LogP contribution in [-0.4, -0.2) is 42.6 Å². The highest BCUT2D eigenvalue weighted by Crippen LogP contribution is 2.24. The van der Waals surface area contributed by atoms with E-state index in [0.717, 1.165) is 6.42 Å². The van der Waals surface area contributed by atoms with Crippen molar-refractivity contribution >= 4 is 23.4 Å². The van der Waals surface area contributed by atoms with Crippen LogP contribution in [0.15, 0.2) is 12.3 Å². The van der Waals surface area contributed by atoms with Crippen LogP contribution < -0.4 is 16.0 Å². The zero-order chi connectivity index (χ0) is 15.4. The molecular formula is C14H20N4O3. The summed E-state index contributed by atoms with van der Waals surface area (Å²) in [6, 6.07) is 1.64. The lowest BCUT2D eigenvalue weighted by Gasteiger charge is -2.20. The molecule has 1 unspecified atom stereocenters. The van der Waals surface area contributed by atoms with Gasteiger partial charge in [0.05, 0.1) is 18.5 Å². The van der Waals surface area contributed by atoms with Crippen molar-refractivity contribution in [2.45, 2.75) is 26.3 Å². The van der Waals surface area contributed by atoms with Crippen molar-refractivity contribution in [1.82, 2.24) is 10.3 Å². The second-order valence-corrected chi connectivity index (χ2v) is 4.99. The van der Waals surface area contributed by atoms with Gasteiger partial charge in [-0.05, 0) is 19.4 Å². The number of esters is 1. The van der Waals surface area contributed by atoms with Gasteiger partial charge in [-0.2, -0.15) is 0 Å². The number of hydrogen-bond acceptors (Lipinski definition) is 6. The van der Waals surface area contributed by atoms with Crippen molar-refractivity contribution in [2.24, 2.45) is 0 Å². The summed E-state index contributed by atoms with van der Waals surface area (Å²) in [6.07, 6.45) is 2.33. The van der Waals surface area contributed by atoms with Crippen molar-refractivity contribution in [3.05, 3.63) is 17.8 Å². The second kappa shape index (κ2) is 6.43. The molecule has 7 nitrogen and oxygen atoms in total. The molecule has 0 radical (unpaired) electrons. The molecule has 1 aliphatic rings. The molecule has 1 aromatic rings. The average molecular weight is 292 g/mol. The van der Waals surface area contributed by atoms with Gasteiger partial charge in [0.1, 0.15) is 11.4 Å². The Labute approximate surface area is 123 Å². The lowest BCUT2D eigenvalue weighted by Crippen LogP contribution is -2.36. The molecule has 1 atom stereocenters. The minimum atomic E-state index is -0.435. The van der Waals surface area contributed by atoms with Crippen LogP contribution in [-0.2, 0) is 9.53 Å². The van der Waals surface area contributed by atoms with Gasteiger partial charge in [-0.25, -0.2) is 9.78 Å². The van der Waals surface area contributed by atoms with E-state index < -0.39 is 5.97 Å². The fourth-order valence-electron chi connectivity index (χ4n) is 2.44. The number of rotatable bonds is 4. The minimum absolute atomic E-state index is 0.0577. The minimum Gasteiger partial charge on any atom is -0.462 e. The average Bonchev–Trinajstić information content (AvgIpc) is 2.86. The summed E-state index contributed by atoms with van der Waals surface area (Å²) in [5.74, 6) is 0.0588. The predicted octanol–water partition coefficient (Wildman–Crippen LogP) is 0.555. The number of hydrogen-bond donors (Lipinski definition) is 2. The Balaban J connectivity index is 2.20. The quantitative estimate of drug-likeness (QED) is 0.787. The van der Waals surface area contributed by atoms with Crippen LogP contribution in [0.2, 0.25) is 0 Å². The van der Waals surface area contributed by atoms with Gasteiger partial charge in [0, 0.05) is 26.1 Å². The number of carbonyl (C=O) groups excluding carboxylic acids is 2. The van der Waals surface area contributed by atoms with E-state index >= 15 is 0 Å². The van der Waals surface area contributed by atoms with Crippen LogP contribution in [0.25, 0.3) is 0 Å². The lowest BCUT2D eigenvalue weighted by molar-refractivity contribution is -0.119. The Kier molecular flexibility index (Phi) is 4.62. The molecule has 1 aromatic heterocycles. The van der Waals surface area contributed by atoms with Crippen molar-refractivity contribution in [3.8, 4) is 0 Å². The predicted molar refractivity (Wildman–Crippen MR) is 79.0 cm³/mol. The normalized spacial score (nSPS) is 17.6. The van der Waals surface area contributed by atoms with Crippen molar-refractivity contribution in [2.75, 3.05) is 30.3 Å². The van der Waals surface area contributed by atoms with E-state index in [2.05, 4.69) is 10.3 Å². The first-order chi connectivity index (χ1) is 10.0. The topological polar surface area (TPSA) is 97.6 Å². The van der Waals surface area contributed by atoms with Gasteiger partial charge in [-0.3, -0.25) is 4.79 Å². The number of anilines is 2. The number of nitrogen functional groups attached to an aromatic ring is 1. The van der Waals surface area contributed by atoms with E-state index in [-0.39, 0.29) is 11.9 Å². The third-order valence-electron chi connectivity index (χ3n) is 3.28. The van der Waals surface area contributed by atoms with Crippen molar-refractivity contribution in [1.29, 1.82) is 0 Å². The third kappa shape index (κ3) is 3.62. The van der Waals surface area contributed by atoms with Crippen molar-refractivity contribution in [3.63, 3.8) is 0 Å². The van der Waals surface area contributed by atoms with E-state index in [0.29, 0.717) is 36.8 Å². The van der Waals surface area contributed by atoms with E-state index in [9.17, 15) is 9.59 Å². The molecule has 2 heterocycles. The molecule has 7 heteroatoms. The number of pyridine rings is 1. The molecular weight excluding hydrogens is 272 g/mol. The van der Waals surface area contributed by atoms with E-state index in [1.54, 1.807) is 13.0 Å². The summed E-state index contributed by atoms with van der Waals surface area (Å²) in [5, 5.41) is 2.88. The van der Waals surface area contributed by atoms with Gasteiger partial charge in [0.2, 0.25) is 5.91 Å².